The van der Waals surface area contributed by atoms with E-state index in [-0.39, 0.29) is 12.1 Å². The Balaban J connectivity index is 1.43. The van der Waals surface area contributed by atoms with Crippen LogP contribution in [0.15, 0.2) is 59.8 Å². The van der Waals surface area contributed by atoms with E-state index in [4.69, 9.17) is 0 Å². The molecule has 16 heteroatoms. The van der Waals surface area contributed by atoms with Crippen molar-refractivity contribution < 1.29 is 36.6 Å². The molecular weight excluding hydrogens is 593 g/mol. The molecule has 0 aliphatic heterocycles. The van der Waals surface area contributed by atoms with Gasteiger partial charge >= 0.3 is 17.8 Å². The highest BCUT2D eigenvalue weighted by Gasteiger charge is 2.38. The van der Waals surface area contributed by atoms with Gasteiger partial charge in [-0.3, -0.25) is 9.36 Å². The predicted molar refractivity (Wildman–Crippen MR) is 148 cm³/mol. The predicted octanol–water partition coefficient (Wildman–Crippen LogP) is 3.83. The Hall–Kier alpha value is -5.28. The van der Waals surface area contributed by atoms with Gasteiger partial charge in [0.25, 0.3) is 5.91 Å². The average Bonchev–Trinajstić information content (AvgIpc) is 3.54. The van der Waals surface area contributed by atoms with Crippen LogP contribution >= 0.6 is 0 Å². The quantitative estimate of drug-likeness (QED) is 0.214. The number of carboxylic acid groups (broad SMARTS) is 1. The molecule has 44 heavy (non-hydrogen) atoms. The van der Waals surface area contributed by atoms with Gasteiger partial charge in [-0.15, -0.1) is 0 Å². The number of carbonyl (C=O) groups excluding carboxylic acids is 1. The Bertz CT molecular complexity index is 1940. The lowest BCUT2D eigenvalue weighted by Gasteiger charge is -2.22. The van der Waals surface area contributed by atoms with Gasteiger partial charge in [0.05, 0.1) is 11.2 Å². The van der Waals surface area contributed by atoms with Gasteiger partial charge in [0.1, 0.15) is 29.3 Å². The molecule has 5 rings (SSSR count). The van der Waals surface area contributed by atoms with Crippen LogP contribution in [-0.2, 0) is 18.3 Å². The van der Waals surface area contributed by atoms with E-state index in [2.05, 4.69) is 15.3 Å². The van der Waals surface area contributed by atoms with Crippen molar-refractivity contribution in [1.29, 1.82) is 0 Å². The molecule has 1 amide bonds. The summed E-state index contributed by atoms with van der Waals surface area (Å²) in [7, 11) is 1.58. The molecule has 11 nitrogen and oxygen atoms in total. The Labute approximate surface area is 244 Å². The minimum atomic E-state index is -4.69. The molecule has 230 valence electrons. The molecule has 0 bridgehead atoms. The van der Waals surface area contributed by atoms with Crippen molar-refractivity contribution in [3.63, 3.8) is 0 Å². The van der Waals surface area contributed by atoms with Gasteiger partial charge in [-0.05, 0) is 42.8 Å². The number of hydrogen-bond acceptors (Lipinski definition) is 6. The second-order valence-electron chi connectivity index (χ2n) is 9.88. The standard InChI is InChI=1S/C28H24F5N7O4/c1-3-21(28(31,32)33)36-14-11-16(29)22(17(30)12-14)25(41)37-18(26(42)43)13-15-6-7-20(23-35-9-10-39(15)23)40-24-19(5-4-8-34-24)38(2)27(40)44/h4-12,18,21,36H,3,13H2,1-2H3,(H,37,41)(H,42,43). The van der Waals surface area contributed by atoms with E-state index in [9.17, 15) is 41.4 Å². The third-order valence-corrected chi connectivity index (χ3v) is 7.10. The van der Waals surface area contributed by atoms with E-state index in [1.54, 1.807) is 19.2 Å². The van der Waals surface area contributed by atoms with Crippen molar-refractivity contribution in [3.8, 4) is 5.69 Å². The highest BCUT2D eigenvalue weighted by Crippen LogP contribution is 2.28. The molecule has 0 radical (unpaired) electrons. The molecule has 0 saturated heterocycles. The van der Waals surface area contributed by atoms with E-state index >= 15 is 0 Å². The van der Waals surface area contributed by atoms with E-state index in [0.29, 0.717) is 34.7 Å². The Morgan fingerprint density at radius 3 is 2.36 bits per heavy atom. The molecule has 2 atom stereocenters. The number of anilines is 1. The number of aromatic nitrogens is 5. The van der Waals surface area contributed by atoms with Gasteiger partial charge in [-0.1, -0.05) is 6.92 Å². The number of hydrogen-bond donors (Lipinski definition) is 3. The number of amides is 1. The van der Waals surface area contributed by atoms with Crippen LogP contribution in [-0.4, -0.2) is 58.7 Å². The smallest absolute Gasteiger partial charge is 0.408 e. The number of carboxylic acids is 1. The molecule has 2 unspecified atom stereocenters. The topological polar surface area (TPSA) is 136 Å². The first-order valence-electron chi connectivity index (χ1n) is 13.2. The maximum absolute atomic E-state index is 14.8. The number of fused-ring (bicyclic) bond motifs is 2. The van der Waals surface area contributed by atoms with Crippen molar-refractivity contribution in [2.45, 2.75) is 38.0 Å². The van der Waals surface area contributed by atoms with Crippen LogP contribution in [0, 0.1) is 11.6 Å². The molecule has 1 aromatic carbocycles. The number of nitrogens with zero attached hydrogens (tertiary/aromatic N) is 5. The number of aliphatic carboxylic acids is 1. The number of aryl methyl sites for hydroxylation is 1. The van der Waals surface area contributed by atoms with E-state index < -0.39 is 65.1 Å². The Morgan fingerprint density at radius 1 is 1.05 bits per heavy atom. The summed E-state index contributed by atoms with van der Waals surface area (Å²) in [5, 5.41) is 13.9. The summed E-state index contributed by atoms with van der Waals surface area (Å²) in [6.07, 6.45) is -1.03. The van der Waals surface area contributed by atoms with Crippen molar-refractivity contribution in [2.24, 2.45) is 7.05 Å². The van der Waals surface area contributed by atoms with Gasteiger partial charge in [-0.25, -0.2) is 32.9 Å². The lowest BCUT2D eigenvalue weighted by molar-refractivity contribution is -0.143. The normalized spacial score (nSPS) is 13.2. The zero-order chi connectivity index (χ0) is 31.9. The molecule has 0 aliphatic rings. The van der Waals surface area contributed by atoms with Gasteiger partial charge < -0.3 is 20.1 Å². The lowest BCUT2D eigenvalue weighted by Crippen LogP contribution is -2.43. The minimum Gasteiger partial charge on any atom is -0.480 e. The first-order valence-corrected chi connectivity index (χ1v) is 13.2. The number of pyridine rings is 2. The Morgan fingerprint density at radius 2 is 1.73 bits per heavy atom. The largest absolute Gasteiger partial charge is 0.480 e. The Kier molecular flexibility index (Phi) is 7.84. The monoisotopic (exact) mass is 617 g/mol. The molecule has 0 saturated carbocycles. The van der Waals surface area contributed by atoms with Crippen LogP contribution in [0.3, 0.4) is 0 Å². The number of rotatable bonds is 9. The number of nitrogens with one attached hydrogen (secondary N) is 2. The van der Waals surface area contributed by atoms with E-state index in [1.807, 2.05) is 5.32 Å². The second-order valence-corrected chi connectivity index (χ2v) is 9.88. The maximum Gasteiger partial charge on any atom is 0.408 e. The highest BCUT2D eigenvalue weighted by atomic mass is 19.4. The summed E-state index contributed by atoms with van der Waals surface area (Å²) in [5.41, 5.74) is -0.253. The molecular formula is C28H24F5N7O4. The van der Waals surface area contributed by atoms with E-state index in [0.717, 1.165) is 0 Å². The molecule has 0 fully saturated rings. The highest BCUT2D eigenvalue weighted by molar-refractivity contribution is 5.97. The van der Waals surface area contributed by atoms with Crippen molar-refractivity contribution >= 4 is 34.4 Å². The number of alkyl halides is 3. The molecule has 4 heterocycles. The van der Waals surface area contributed by atoms with Crippen molar-refractivity contribution in [2.75, 3.05) is 5.32 Å². The molecule has 4 aromatic heterocycles. The summed E-state index contributed by atoms with van der Waals surface area (Å²) in [4.78, 5) is 46.6. The zero-order valence-electron chi connectivity index (χ0n) is 23.1. The summed E-state index contributed by atoms with van der Waals surface area (Å²) in [5.74, 6) is -5.92. The molecule has 0 spiro atoms. The summed E-state index contributed by atoms with van der Waals surface area (Å²) < 4.78 is 73.1. The fraction of sp³-hybridized carbons (Fsp3) is 0.250. The number of carbonyl (C=O) groups is 2. The van der Waals surface area contributed by atoms with Gasteiger partial charge in [-0.2, -0.15) is 13.2 Å². The van der Waals surface area contributed by atoms with Crippen molar-refractivity contribution in [1.82, 2.24) is 28.8 Å². The molecule has 0 aliphatic carbocycles. The van der Waals surface area contributed by atoms with Crippen LogP contribution in [0.25, 0.3) is 22.5 Å². The number of halogens is 5. The minimum absolute atomic E-state index is 0.266. The third-order valence-electron chi connectivity index (χ3n) is 7.10. The first-order chi connectivity index (χ1) is 20.8. The van der Waals surface area contributed by atoms with Gasteiger partial charge in [0, 0.05) is 43.4 Å². The van der Waals surface area contributed by atoms with E-state index in [1.165, 1.54) is 51.2 Å². The third kappa shape index (κ3) is 5.45. The summed E-state index contributed by atoms with van der Waals surface area (Å²) in [6, 6.07) is 3.72. The lowest BCUT2D eigenvalue weighted by atomic mass is 10.1. The number of imidazole rings is 2. The van der Waals surface area contributed by atoms with Crippen LogP contribution in [0.4, 0.5) is 27.6 Å². The van der Waals surface area contributed by atoms with Crippen LogP contribution in [0.2, 0.25) is 0 Å². The fourth-order valence-corrected chi connectivity index (χ4v) is 4.91. The van der Waals surface area contributed by atoms with Crippen molar-refractivity contribution in [3.05, 3.63) is 88.4 Å². The zero-order valence-corrected chi connectivity index (χ0v) is 23.1. The maximum atomic E-state index is 14.8. The van der Waals surface area contributed by atoms with Crippen LogP contribution in [0.1, 0.15) is 29.4 Å². The molecule has 3 N–H and O–H groups in total. The molecule has 5 aromatic rings. The van der Waals surface area contributed by atoms with Crippen LogP contribution in [0.5, 0.6) is 0 Å². The second kappa shape index (κ2) is 11.4. The van der Waals surface area contributed by atoms with Gasteiger partial charge in [0.2, 0.25) is 0 Å². The average molecular weight is 618 g/mol. The summed E-state index contributed by atoms with van der Waals surface area (Å²) in [6.45, 7) is 1.23. The van der Waals surface area contributed by atoms with Gasteiger partial charge in [0.15, 0.2) is 11.3 Å². The van der Waals surface area contributed by atoms with Crippen LogP contribution < -0.4 is 16.3 Å². The number of benzene rings is 1. The SMILES string of the molecule is CCC(Nc1cc(F)c(C(=O)NC(Cc2ccc(-n3c(=O)n(C)c4cccnc43)c3nccn23)C(=O)O)c(F)c1)C(F)(F)F. The first kappa shape index (κ1) is 30.2. The summed E-state index contributed by atoms with van der Waals surface area (Å²) >= 11 is 0. The fourth-order valence-electron chi connectivity index (χ4n) is 4.91.